The number of likely N-dealkylation sites (tertiary alicyclic amines) is 1. The van der Waals surface area contributed by atoms with Crippen LogP contribution in [0.5, 0.6) is 11.5 Å². The molecule has 0 radical (unpaired) electrons. The van der Waals surface area contributed by atoms with Crippen LogP contribution in [0.15, 0.2) is 41.0 Å². The highest BCUT2D eigenvalue weighted by atomic mass is 32.2. The van der Waals surface area contributed by atoms with Crippen LogP contribution in [-0.4, -0.2) is 46.3 Å². The Morgan fingerprint density at radius 2 is 2.07 bits per heavy atom. The van der Waals surface area contributed by atoms with Gasteiger partial charge in [0.15, 0.2) is 11.5 Å². The van der Waals surface area contributed by atoms with Gasteiger partial charge >= 0.3 is 0 Å². The number of nitrogens with zero attached hydrogens (tertiary/aromatic N) is 3. The first-order chi connectivity index (χ1) is 14.3. The van der Waals surface area contributed by atoms with Gasteiger partial charge in [-0.2, -0.15) is 0 Å². The molecule has 150 valence electrons. The molecule has 2 aliphatic heterocycles. The van der Waals surface area contributed by atoms with Gasteiger partial charge in [0, 0.05) is 13.0 Å². The number of hydrogen-bond donors (Lipinski definition) is 0. The fourth-order valence-electron chi connectivity index (χ4n) is 3.88. The zero-order valence-electron chi connectivity index (χ0n) is 15.9. The van der Waals surface area contributed by atoms with Crippen molar-refractivity contribution in [1.29, 1.82) is 0 Å². The highest BCUT2D eigenvalue weighted by molar-refractivity contribution is 8.00. The lowest BCUT2D eigenvalue weighted by atomic mass is 10.0. The van der Waals surface area contributed by atoms with E-state index in [-0.39, 0.29) is 11.9 Å². The standard InChI is InChI=1S/C21H21N3O3S2/c25-19(12-29-21-20-15(6-10-28-20)22-13-23-21)24-7-1-3-16(24)14-4-5-17-18(11-14)27-9-2-8-26-17/h4-6,10-11,13,16H,1-3,7-9,12H2. The summed E-state index contributed by atoms with van der Waals surface area (Å²) in [6.45, 7) is 2.13. The second-order valence-corrected chi connectivity index (χ2v) is 8.98. The summed E-state index contributed by atoms with van der Waals surface area (Å²) in [5.41, 5.74) is 2.05. The fraction of sp³-hybridized carbons (Fsp3) is 0.381. The third-order valence-corrected chi connectivity index (χ3v) is 7.29. The molecule has 0 bridgehead atoms. The first-order valence-corrected chi connectivity index (χ1v) is 11.7. The molecule has 4 heterocycles. The third kappa shape index (κ3) is 3.79. The Balaban J connectivity index is 1.31. The van der Waals surface area contributed by atoms with Gasteiger partial charge in [0.05, 0.1) is 35.2 Å². The summed E-state index contributed by atoms with van der Waals surface area (Å²) in [4.78, 5) is 23.7. The molecule has 1 amide bonds. The SMILES string of the molecule is O=C(CSc1ncnc2ccsc12)N1CCCC1c1ccc2c(c1)OCCCO2. The smallest absolute Gasteiger partial charge is 0.233 e. The molecule has 1 unspecified atom stereocenters. The van der Waals surface area contributed by atoms with Crippen molar-refractivity contribution >= 4 is 39.2 Å². The predicted molar refractivity (Wildman–Crippen MR) is 114 cm³/mol. The summed E-state index contributed by atoms with van der Waals surface area (Å²) in [5.74, 6) is 2.11. The van der Waals surface area contributed by atoms with E-state index in [1.807, 2.05) is 28.5 Å². The van der Waals surface area contributed by atoms with Crippen LogP contribution < -0.4 is 9.47 Å². The average molecular weight is 428 g/mol. The lowest BCUT2D eigenvalue weighted by Gasteiger charge is -2.25. The minimum Gasteiger partial charge on any atom is -0.490 e. The van der Waals surface area contributed by atoms with E-state index in [1.165, 1.54) is 11.8 Å². The number of thioether (sulfide) groups is 1. The van der Waals surface area contributed by atoms with E-state index >= 15 is 0 Å². The zero-order chi connectivity index (χ0) is 19.6. The van der Waals surface area contributed by atoms with Crippen molar-refractivity contribution in [2.24, 2.45) is 0 Å². The minimum absolute atomic E-state index is 0.0902. The van der Waals surface area contributed by atoms with Crippen LogP contribution in [0.1, 0.15) is 30.9 Å². The quantitative estimate of drug-likeness (QED) is 0.457. The van der Waals surface area contributed by atoms with Crippen molar-refractivity contribution in [1.82, 2.24) is 14.9 Å². The molecule has 0 saturated carbocycles. The molecule has 0 N–H and O–H groups in total. The number of carbonyl (C=O) groups excluding carboxylic acids is 1. The Kier molecular flexibility index (Phi) is 5.28. The molecule has 6 nitrogen and oxygen atoms in total. The van der Waals surface area contributed by atoms with Crippen LogP contribution in [0, 0.1) is 0 Å². The number of rotatable bonds is 4. The largest absolute Gasteiger partial charge is 0.490 e. The monoisotopic (exact) mass is 427 g/mol. The zero-order valence-corrected chi connectivity index (χ0v) is 17.5. The Labute approximate surface area is 177 Å². The number of aromatic nitrogens is 2. The maximum absolute atomic E-state index is 13.0. The summed E-state index contributed by atoms with van der Waals surface area (Å²) in [5, 5.41) is 2.89. The molecule has 0 aliphatic carbocycles. The van der Waals surface area contributed by atoms with Crippen LogP contribution >= 0.6 is 23.1 Å². The van der Waals surface area contributed by atoms with E-state index in [9.17, 15) is 4.79 Å². The first-order valence-electron chi connectivity index (χ1n) is 9.79. The average Bonchev–Trinajstić information content (AvgIpc) is 3.37. The van der Waals surface area contributed by atoms with Crippen molar-refractivity contribution in [3.05, 3.63) is 41.5 Å². The molecule has 0 spiro atoms. The van der Waals surface area contributed by atoms with E-state index in [0.29, 0.717) is 19.0 Å². The Morgan fingerprint density at radius 3 is 3.00 bits per heavy atom. The van der Waals surface area contributed by atoms with Gasteiger partial charge in [-0.15, -0.1) is 11.3 Å². The van der Waals surface area contributed by atoms with Gasteiger partial charge in [0.1, 0.15) is 11.4 Å². The van der Waals surface area contributed by atoms with Crippen LogP contribution in [0.2, 0.25) is 0 Å². The van der Waals surface area contributed by atoms with Crippen molar-refractivity contribution in [3.63, 3.8) is 0 Å². The van der Waals surface area contributed by atoms with Gasteiger partial charge in [-0.05, 0) is 42.0 Å². The fourth-order valence-corrected chi connectivity index (χ4v) is 5.71. The molecule has 1 saturated heterocycles. The molecule has 3 aromatic rings. The topological polar surface area (TPSA) is 64.6 Å². The van der Waals surface area contributed by atoms with Crippen molar-refractivity contribution in [2.45, 2.75) is 30.3 Å². The second kappa shape index (κ2) is 8.20. The molecule has 1 fully saturated rings. The maximum Gasteiger partial charge on any atom is 0.233 e. The summed E-state index contributed by atoms with van der Waals surface area (Å²) in [6, 6.07) is 8.15. The molecule has 29 heavy (non-hydrogen) atoms. The summed E-state index contributed by atoms with van der Waals surface area (Å²) in [6.07, 6.45) is 4.44. The lowest BCUT2D eigenvalue weighted by molar-refractivity contribution is -0.129. The highest BCUT2D eigenvalue weighted by Gasteiger charge is 2.30. The number of thiophene rings is 1. The lowest BCUT2D eigenvalue weighted by Crippen LogP contribution is -2.32. The van der Waals surface area contributed by atoms with E-state index in [4.69, 9.17) is 9.47 Å². The van der Waals surface area contributed by atoms with Crippen molar-refractivity contribution < 1.29 is 14.3 Å². The first kappa shape index (κ1) is 18.7. The molecule has 8 heteroatoms. The molecule has 5 rings (SSSR count). The van der Waals surface area contributed by atoms with Crippen LogP contribution in [0.4, 0.5) is 0 Å². The van der Waals surface area contributed by atoms with Crippen LogP contribution in [-0.2, 0) is 4.79 Å². The van der Waals surface area contributed by atoms with Gasteiger partial charge < -0.3 is 14.4 Å². The second-order valence-electron chi connectivity index (χ2n) is 7.10. The molecular weight excluding hydrogens is 406 g/mol. The van der Waals surface area contributed by atoms with Gasteiger partial charge in [0.2, 0.25) is 5.91 Å². The number of carbonyl (C=O) groups is 1. The number of amides is 1. The Bertz CT molecular complexity index is 1040. The third-order valence-electron chi connectivity index (χ3n) is 5.27. The highest BCUT2D eigenvalue weighted by Crippen LogP contribution is 2.38. The number of hydrogen-bond acceptors (Lipinski definition) is 7. The van der Waals surface area contributed by atoms with Crippen LogP contribution in [0.3, 0.4) is 0 Å². The normalized spacial score (nSPS) is 18.8. The van der Waals surface area contributed by atoms with Crippen molar-refractivity contribution in [3.8, 4) is 11.5 Å². The van der Waals surface area contributed by atoms with E-state index in [2.05, 4.69) is 16.0 Å². The van der Waals surface area contributed by atoms with Gasteiger partial charge in [-0.1, -0.05) is 17.8 Å². The molecule has 1 aromatic carbocycles. The summed E-state index contributed by atoms with van der Waals surface area (Å²) in [7, 11) is 0. The number of fused-ring (bicyclic) bond motifs is 2. The minimum atomic E-state index is 0.0902. The van der Waals surface area contributed by atoms with Crippen molar-refractivity contribution in [2.75, 3.05) is 25.5 Å². The number of benzene rings is 1. The molecule has 2 aliphatic rings. The molecule has 2 aromatic heterocycles. The predicted octanol–water partition coefficient (Wildman–Crippen LogP) is 4.31. The summed E-state index contributed by atoms with van der Waals surface area (Å²) < 4.78 is 12.6. The van der Waals surface area contributed by atoms with Gasteiger partial charge in [-0.25, -0.2) is 9.97 Å². The van der Waals surface area contributed by atoms with E-state index < -0.39 is 0 Å². The van der Waals surface area contributed by atoms with Crippen LogP contribution in [0.25, 0.3) is 10.2 Å². The summed E-state index contributed by atoms with van der Waals surface area (Å²) >= 11 is 3.11. The number of ether oxygens (including phenoxy) is 2. The van der Waals surface area contributed by atoms with E-state index in [1.54, 1.807) is 17.7 Å². The maximum atomic E-state index is 13.0. The Hall–Kier alpha value is -2.32. The van der Waals surface area contributed by atoms with Gasteiger partial charge in [0.25, 0.3) is 0 Å². The molecule has 1 atom stereocenters. The Morgan fingerprint density at radius 1 is 1.17 bits per heavy atom. The van der Waals surface area contributed by atoms with E-state index in [0.717, 1.165) is 58.1 Å². The molecular formula is C21H21N3O3S2. The van der Waals surface area contributed by atoms with Gasteiger partial charge in [-0.3, -0.25) is 4.79 Å².